The third-order valence-electron chi connectivity index (χ3n) is 7.59. The Labute approximate surface area is 273 Å². The van der Waals surface area contributed by atoms with Crippen molar-refractivity contribution in [2.75, 3.05) is 18.6 Å². The van der Waals surface area contributed by atoms with E-state index >= 15 is 0 Å². The van der Waals surface area contributed by atoms with Gasteiger partial charge in [0.05, 0.1) is 17.7 Å². The number of carbonyl (C=O) groups excluding carboxylic acids is 3. The number of imide groups is 1. The maximum atomic E-state index is 14.0. The molecule has 1 aliphatic heterocycles. The van der Waals surface area contributed by atoms with Crippen LogP contribution in [0.1, 0.15) is 57.2 Å². The summed E-state index contributed by atoms with van der Waals surface area (Å²) < 4.78 is 44.8. The molecule has 3 aromatic rings. The Kier molecular flexibility index (Phi) is 10.5. The molecule has 2 heterocycles. The van der Waals surface area contributed by atoms with E-state index in [1.807, 2.05) is 6.26 Å². The normalized spacial score (nSPS) is 15.7. The molecule has 0 N–H and O–H groups in total. The van der Waals surface area contributed by atoms with Crippen LogP contribution in [0, 0.1) is 5.92 Å². The lowest BCUT2D eigenvalue weighted by atomic mass is 10.0. The average molecular weight is 681 g/mol. The number of hydrogen-bond acceptors (Lipinski definition) is 7. The third kappa shape index (κ3) is 7.70. The van der Waals surface area contributed by atoms with Gasteiger partial charge in [0.15, 0.2) is 23.9 Å². The summed E-state index contributed by atoms with van der Waals surface area (Å²) >= 11 is 14.6. The zero-order chi connectivity index (χ0) is 32.2. The monoisotopic (exact) mass is 679 g/mol. The van der Waals surface area contributed by atoms with Crippen LogP contribution < -0.4 is 14.0 Å². The zero-order valence-corrected chi connectivity index (χ0v) is 26.8. The highest BCUT2D eigenvalue weighted by Gasteiger charge is 2.44. The van der Waals surface area contributed by atoms with Crippen LogP contribution in [0.5, 0.6) is 11.5 Å². The van der Waals surface area contributed by atoms with Gasteiger partial charge in [-0.05, 0) is 67.0 Å². The number of fused-ring (bicyclic) bond motifs is 1. The summed E-state index contributed by atoms with van der Waals surface area (Å²) in [4.78, 5) is 41.6. The summed E-state index contributed by atoms with van der Waals surface area (Å²) in [5.74, 6) is -1.29. The number of thioether (sulfide) groups is 1. The Bertz CT molecular complexity index is 1550. The molecule has 0 saturated heterocycles. The Morgan fingerprint density at radius 2 is 1.69 bits per heavy atom. The third-order valence-corrected chi connectivity index (χ3v) is 8.89. The van der Waals surface area contributed by atoms with E-state index in [0.29, 0.717) is 39.4 Å². The second-order valence-corrected chi connectivity index (χ2v) is 12.7. The molecule has 1 unspecified atom stereocenters. The van der Waals surface area contributed by atoms with E-state index in [1.165, 1.54) is 30.0 Å². The lowest BCUT2D eigenvalue weighted by Gasteiger charge is -2.28. The molecule has 2 aliphatic rings. The molecule has 0 bridgehead atoms. The van der Waals surface area contributed by atoms with Crippen molar-refractivity contribution in [1.82, 2.24) is 4.90 Å². The van der Waals surface area contributed by atoms with Crippen molar-refractivity contribution < 1.29 is 41.9 Å². The van der Waals surface area contributed by atoms with E-state index in [1.54, 1.807) is 48.3 Å². The van der Waals surface area contributed by atoms with Gasteiger partial charge in [-0.25, -0.2) is 9.36 Å². The first-order valence-corrected chi connectivity index (χ1v) is 16.4. The standard InChI is InChI=1S/C32H31Cl2F2N2O6S/c1-37-15-23(33)22(24(34)16-37)14-27(19-9-10-26(44-32(35)36)28(13-19)42-17-18-7-8-18)43-31(41)25(11-12-45-2)38-29(39)20-5-3-4-6-21(20)30(38)40/h3-6,9-10,13,15-16,18,25,27,32H,7-8,11-12,14,17H2,1-2H3/q+1/t25?,27-/m0/s1. The van der Waals surface area contributed by atoms with E-state index in [4.69, 9.17) is 37.4 Å². The van der Waals surface area contributed by atoms with Crippen LogP contribution in [0.2, 0.25) is 10.0 Å². The summed E-state index contributed by atoms with van der Waals surface area (Å²) in [6.07, 6.45) is 6.17. The molecule has 13 heteroatoms. The van der Waals surface area contributed by atoms with E-state index in [0.717, 1.165) is 17.7 Å². The van der Waals surface area contributed by atoms with Gasteiger partial charge in [0.2, 0.25) is 0 Å². The minimum atomic E-state index is -3.08. The van der Waals surface area contributed by atoms with Gasteiger partial charge in [-0.3, -0.25) is 14.5 Å². The average Bonchev–Trinajstić information content (AvgIpc) is 3.80. The Balaban J connectivity index is 1.51. The van der Waals surface area contributed by atoms with Crippen molar-refractivity contribution in [3.05, 3.63) is 87.2 Å². The van der Waals surface area contributed by atoms with Crippen LogP contribution in [-0.4, -0.2) is 54.0 Å². The van der Waals surface area contributed by atoms with Crippen LogP contribution in [0.4, 0.5) is 8.78 Å². The fourth-order valence-electron chi connectivity index (χ4n) is 5.09. The SMILES string of the molecule is CSCCC(C(=O)O[C@@H](Cc1c(Cl)c[n+](C)cc1Cl)c1ccc(OC(F)F)c(OCC2CC2)c1)N1C(=O)c2ccccc2C1=O. The van der Waals surface area contributed by atoms with Gasteiger partial charge < -0.3 is 14.2 Å². The molecule has 1 fully saturated rings. The maximum Gasteiger partial charge on any atom is 0.387 e. The summed E-state index contributed by atoms with van der Waals surface area (Å²) in [6.45, 7) is -2.76. The number of benzene rings is 2. The van der Waals surface area contributed by atoms with Gasteiger partial charge >= 0.3 is 12.6 Å². The number of esters is 1. The summed E-state index contributed by atoms with van der Waals surface area (Å²) in [7, 11) is 1.75. The first-order valence-electron chi connectivity index (χ1n) is 14.3. The lowest BCUT2D eigenvalue weighted by Crippen LogP contribution is -2.46. The van der Waals surface area contributed by atoms with Gasteiger partial charge in [-0.1, -0.05) is 41.4 Å². The Hall–Kier alpha value is -3.41. The summed E-state index contributed by atoms with van der Waals surface area (Å²) in [6, 6.07) is 9.47. The smallest absolute Gasteiger partial charge is 0.387 e. The molecule has 2 atom stereocenters. The predicted molar refractivity (Wildman–Crippen MR) is 165 cm³/mol. The fourth-order valence-corrected chi connectivity index (χ4v) is 6.26. The zero-order valence-electron chi connectivity index (χ0n) is 24.5. The predicted octanol–water partition coefficient (Wildman–Crippen LogP) is 6.45. The topological polar surface area (TPSA) is 86.0 Å². The van der Waals surface area contributed by atoms with Gasteiger partial charge in [-0.2, -0.15) is 20.5 Å². The molecule has 5 rings (SSSR count). The van der Waals surface area contributed by atoms with Crippen LogP contribution in [0.15, 0.2) is 54.9 Å². The Morgan fingerprint density at radius 3 is 2.27 bits per heavy atom. The van der Waals surface area contributed by atoms with Crippen LogP contribution in [-0.2, 0) is 23.0 Å². The maximum absolute atomic E-state index is 14.0. The van der Waals surface area contributed by atoms with Crippen molar-refractivity contribution in [2.45, 2.75) is 44.4 Å². The Morgan fingerprint density at radius 1 is 1.04 bits per heavy atom. The highest BCUT2D eigenvalue weighted by Crippen LogP contribution is 2.38. The van der Waals surface area contributed by atoms with E-state index < -0.39 is 36.5 Å². The molecule has 0 spiro atoms. The van der Waals surface area contributed by atoms with E-state index in [-0.39, 0.29) is 35.5 Å². The molecule has 1 aliphatic carbocycles. The number of hydrogen-bond donors (Lipinski definition) is 0. The fraction of sp³-hybridized carbons (Fsp3) is 0.375. The van der Waals surface area contributed by atoms with Gasteiger partial charge in [0.1, 0.15) is 29.2 Å². The van der Waals surface area contributed by atoms with Crippen LogP contribution in [0.25, 0.3) is 0 Å². The molecule has 2 amide bonds. The van der Waals surface area contributed by atoms with Crippen molar-refractivity contribution >= 4 is 52.7 Å². The number of aryl methyl sites for hydroxylation is 1. The number of amides is 2. The second-order valence-electron chi connectivity index (χ2n) is 10.9. The summed E-state index contributed by atoms with van der Waals surface area (Å²) in [5.41, 5.74) is 1.29. The molecule has 2 aromatic carbocycles. The van der Waals surface area contributed by atoms with Gasteiger partial charge in [-0.15, -0.1) is 0 Å². The van der Waals surface area contributed by atoms with Crippen LogP contribution in [0.3, 0.4) is 0 Å². The molecular weight excluding hydrogens is 649 g/mol. The number of halogens is 4. The molecule has 1 saturated carbocycles. The van der Waals surface area contributed by atoms with Gasteiger partial charge in [0, 0.05) is 12.0 Å². The molecule has 8 nitrogen and oxygen atoms in total. The molecular formula is C32H31Cl2F2N2O6S+. The first kappa shape index (κ1) is 33.0. The number of carbonyl (C=O) groups is 3. The van der Waals surface area contributed by atoms with E-state index in [2.05, 4.69) is 0 Å². The minimum Gasteiger partial charge on any atom is -0.489 e. The highest BCUT2D eigenvalue weighted by molar-refractivity contribution is 7.98. The van der Waals surface area contributed by atoms with E-state index in [9.17, 15) is 23.2 Å². The van der Waals surface area contributed by atoms with Crippen molar-refractivity contribution in [1.29, 1.82) is 0 Å². The summed E-state index contributed by atoms with van der Waals surface area (Å²) in [5, 5.41) is 0.626. The lowest BCUT2D eigenvalue weighted by molar-refractivity contribution is -0.671. The number of aromatic nitrogens is 1. The number of ether oxygens (including phenoxy) is 3. The molecule has 1 aromatic heterocycles. The van der Waals surface area contributed by atoms with Gasteiger partial charge in [0.25, 0.3) is 11.8 Å². The minimum absolute atomic E-state index is 0.00126. The second kappa shape index (κ2) is 14.3. The molecule has 45 heavy (non-hydrogen) atoms. The first-order chi connectivity index (χ1) is 21.6. The van der Waals surface area contributed by atoms with Crippen molar-refractivity contribution in [3.63, 3.8) is 0 Å². The molecule has 0 radical (unpaired) electrons. The largest absolute Gasteiger partial charge is 0.489 e. The number of rotatable bonds is 14. The highest BCUT2D eigenvalue weighted by atomic mass is 35.5. The number of alkyl halides is 2. The molecule has 238 valence electrons. The number of pyridine rings is 1. The number of nitrogens with zero attached hydrogens (tertiary/aromatic N) is 2. The van der Waals surface area contributed by atoms with Crippen LogP contribution >= 0.6 is 35.0 Å². The van der Waals surface area contributed by atoms with Crippen molar-refractivity contribution in [2.24, 2.45) is 13.0 Å². The quantitative estimate of drug-likeness (QED) is 0.110. The van der Waals surface area contributed by atoms with Crippen molar-refractivity contribution in [3.8, 4) is 11.5 Å².